The molecule has 1 aromatic carbocycles. The Hall–Kier alpha value is -0.850. The monoisotopic (exact) mass is 232 g/mol. The van der Waals surface area contributed by atoms with Crippen molar-refractivity contribution in [3.63, 3.8) is 0 Å². The van der Waals surface area contributed by atoms with Gasteiger partial charge in [-0.1, -0.05) is 25.3 Å². The van der Waals surface area contributed by atoms with Crippen LogP contribution in [0.2, 0.25) is 0 Å². The Morgan fingerprint density at radius 3 is 2.29 bits per heavy atom. The number of rotatable bonds is 1. The van der Waals surface area contributed by atoms with Crippen molar-refractivity contribution < 1.29 is 4.39 Å². The Labute approximate surface area is 103 Å². The minimum absolute atomic E-state index is 0.0410. The quantitative estimate of drug-likeness (QED) is 0.655. The van der Waals surface area contributed by atoms with Crippen LogP contribution in [-0.4, -0.2) is 0 Å². The molecule has 0 N–H and O–H groups in total. The molecule has 92 valence electrons. The van der Waals surface area contributed by atoms with Gasteiger partial charge in [-0.3, -0.25) is 0 Å². The zero-order chi connectivity index (χ0) is 11.7. The van der Waals surface area contributed by atoms with E-state index >= 15 is 0 Å². The van der Waals surface area contributed by atoms with Crippen LogP contribution < -0.4 is 0 Å². The second kappa shape index (κ2) is 4.80. The molecule has 0 spiro atoms. The van der Waals surface area contributed by atoms with Gasteiger partial charge in [0.15, 0.2) is 0 Å². The summed E-state index contributed by atoms with van der Waals surface area (Å²) < 4.78 is 13.8. The van der Waals surface area contributed by atoms with Crippen molar-refractivity contribution in [1.29, 1.82) is 0 Å². The molecule has 3 rings (SSSR count). The van der Waals surface area contributed by atoms with Gasteiger partial charge in [0.25, 0.3) is 0 Å². The highest BCUT2D eigenvalue weighted by Crippen LogP contribution is 2.38. The Morgan fingerprint density at radius 2 is 1.53 bits per heavy atom. The Balaban J connectivity index is 1.98. The Bertz CT molecular complexity index is 402. The fourth-order valence-electron chi connectivity index (χ4n) is 3.65. The van der Waals surface area contributed by atoms with Crippen LogP contribution >= 0.6 is 0 Å². The van der Waals surface area contributed by atoms with Gasteiger partial charge in [-0.15, -0.1) is 0 Å². The molecule has 0 unspecified atom stereocenters. The van der Waals surface area contributed by atoms with Gasteiger partial charge in [-0.25, -0.2) is 4.39 Å². The summed E-state index contributed by atoms with van der Waals surface area (Å²) in [5.41, 5.74) is 3.91. The van der Waals surface area contributed by atoms with Crippen molar-refractivity contribution in [3.05, 3.63) is 34.6 Å². The first kappa shape index (κ1) is 11.3. The number of hydrogen-bond donors (Lipinski definition) is 0. The smallest absolute Gasteiger partial charge is 0.126 e. The maximum absolute atomic E-state index is 13.8. The molecular weight excluding hydrogens is 211 g/mol. The molecule has 2 aliphatic carbocycles. The molecule has 1 heteroatoms. The first-order valence-electron chi connectivity index (χ1n) is 7.16. The van der Waals surface area contributed by atoms with Crippen molar-refractivity contribution in [2.24, 2.45) is 0 Å². The Kier molecular flexibility index (Phi) is 3.17. The van der Waals surface area contributed by atoms with Crippen LogP contribution in [0.15, 0.2) is 12.1 Å². The van der Waals surface area contributed by atoms with E-state index < -0.39 is 0 Å². The number of hydrogen-bond acceptors (Lipinski definition) is 0. The highest BCUT2D eigenvalue weighted by molar-refractivity contribution is 5.40. The molecule has 0 atom stereocenters. The van der Waals surface area contributed by atoms with Gasteiger partial charge in [-0.2, -0.15) is 0 Å². The lowest BCUT2D eigenvalue weighted by atomic mass is 9.78. The van der Waals surface area contributed by atoms with Crippen molar-refractivity contribution in [2.45, 2.75) is 63.7 Å². The highest BCUT2D eigenvalue weighted by Gasteiger charge is 2.23. The van der Waals surface area contributed by atoms with E-state index in [9.17, 15) is 4.39 Å². The average Bonchev–Trinajstić information content (AvgIpc) is 2.41. The van der Waals surface area contributed by atoms with E-state index in [0.29, 0.717) is 0 Å². The summed E-state index contributed by atoms with van der Waals surface area (Å²) in [4.78, 5) is 0. The van der Waals surface area contributed by atoms with E-state index in [0.717, 1.165) is 30.7 Å². The van der Waals surface area contributed by atoms with Crippen LogP contribution in [0.5, 0.6) is 0 Å². The van der Waals surface area contributed by atoms with Crippen molar-refractivity contribution in [3.8, 4) is 0 Å². The van der Waals surface area contributed by atoms with Gasteiger partial charge in [0.1, 0.15) is 5.82 Å². The lowest BCUT2D eigenvalue weighted by Crippen LogP contribution is -2.13. The third-order valence-electron chi connectivity index (χ3n) is 4.56. The molecule has 1 aromatic rings. The standard InChI is InChI=1S/C16H21F/c17-16-11-10-13(12-6-2-1-3-7-12)14-8-4-5-9-15(14)16/h10-12H,1-9H2. The first-order chi connectivity index (χ1) is 8.36. The van der Waals surface area contributed by atoms with Gasteiger partial charge in [0, 0.05) is 0 Å². The average molecular weight is 232 g/mol. The maximum Gasteiger partial charge on any atom is 0.126 e. The molecule has 0 nitrogen and oxygen atoms in total. The van der Waals surface area contributed by atoms with Crippen molar-refractivity contribution in [1.82, 2.24) is 0 Å². The molecule has 2 aliphatic rings. The lowest BCUT2D eigenvalue weighted by Gasteiger charge is -2.28. The molecule has 0 bridgehead atoms. The summed E-state index contributed by atoms with van der Waals surface area (Å²) in [5.74, 6) is 0.760. The summed E-state index contributed by atoms with van der Waals surface area (Å²) in [7, 11) is 0. The lowest BCUT2D eigenvalue weighted by molar-refractivity contribution is 0.438. The van der Waals surface area contributed by atoms with E-state index in [1.54, 1.807) is 6.07 Å². The SMILES string of the molecule is Fc1ccc(C2CCCCC2)c2c1CCCC2. The largest absolute Gasteiger partial charge is 0.207 e. The molecule has 1 fully saturated rings. The van der Waals surface area contributed by atoms with E-state index in [4.69, 9.17) is 0 Å². The van der Waals surface area contributed by atoms with Gasteiger partial charge in [-0.05, 0) is 67.2 Å². The summed E-state index contributed by atoms with van der Waals surface area (Å²) >= 11 is 0. The summed E-state index contributed by atoms with van der Waals surface area (Å²) in [6.45, 7) is 0. The fraction of sp³-hybridized carbons (Fsp3) is 0.625. The van der Waals surface area contributed by atoms with Crippen molar-refractivity contribution >= 4 is 0 Å². The molecule has 1 saturated carbocycles. The van der Waals surface area contributed by atoms with Gasteiger partial charge < -0.3 is 0 Å². The van der Waals surface area contributed by atoms with Gasteiger partial charge in [0.05, 0.1) is 0 Å². The van der Waals surface area contributed by atoms with Crippen LogP contribution in [0.25, 0.3) is 0 Å². The number of benzene rings is 1. The van der Waals surface area contributed by atoms with E-state index in [-0.39, 0.29) is 5.82 Å². The van der Waals surface area contributed by atoms with Crippen LogP contribution in [0.1, 0.15) is 67.6 Å². The van der Waals surface area contributed by atoms with E-state index in [2.05, 4.69) is 6.07 Å². The minimum atomic E-state index is 0.0410. The van der Waals surface area contributed by atoms with Gasteiger partial charge in [0.2, 0.25) is 0 Å². The molecule has 17 heavy (non-hydrogen) atoms. The zero-order valence-electron chi connectivity index (χ0n) is 10.5. The highest BCUT2D eigenvalue weighted by atomic mass is 19.1. The predicted octanol–water partition coefficient (Wildman–Crippen LogP) is 4.75. The van der Waals surface area contributed by atoms with Crippen LogP contribution in [0.3, 0.4) is 0 Å². The zero-order valence-corrected chi connectivity index (χ0v) is 10.5. The molecule has 0 radical (unpaired) electrons. The third kappa shape index (κ3) is 2.12. The second-order valence-corrected chi connectivity index (χ2v) is 5.64. The third-order valence-corrected chi connectivity index (χ3v) is 4.56. The molecule has 0 saturated heterocycles. The predicted molar refractivity (Wildman–Crippen MR) is 68.9 cm³/mol. The Morgan fingerprint density at radius 1 is 0.824 bits per heavy atom. The van der Waals surface area contributed by atoms with Gasteiger partial charge >= 0.3 is 0 Å². The summed E-state index contributed by atoms with van der Waals surface area (Å²) in [6.07, 6.45) is 11.2. The van der Waals surface area contributed by atoms with E-state index in [1.807, 2.05) is 0 Å². The molecule has 0 amide bonds. The molecule has 0 heterocycles. The van der Waals surface area contributed by atoms with E-state index in [1.165, 1.54) is 49.7 Å². The van der Waals surface area contributed by atoms with Crippen LogP contribution in [0, 0.1) is 5.82 Å². The number of fused-ring (bicyclic) bond motifs is 1. The van der Waals surface area contributed by atoms with Crippen molar-refractivity contribution in [2.75, 3.05) is 0 Å². The van der Waals surface area contributed by atoms with Crippen LogP contribution in [-0.2, 0) is 12.8 Å². The molecule has 0 aliphatic heterocycles. The summed E-state index contributed by atoms with van der Waals surface area (Å²) in [5, 5.41) is 0. The topological polar surface area (TPSA) is 0 Å². The van der Waals surface area contributed by atoms with Crippen LogP contribution in [0.4, 0.5) is 4.39 Å². The maximum atomic E-state index is 13.8. The minimum Gasteiger partial charge on any atom is -0.207 e. The first-order valence-corrected chi connectivity index (χ1v) is 7.16. The fourth-order valence-corrected chi connectivity index (χ4v) is 3.65. The molecular formula is C16H21F. The second-order valence-electron chi connectivity index (χ2n) is 5.64. The molecule has 0 aromatic heterocycles. The number of halogens is 1. The summed E-state index contributed by atoms with van der Waals surface area (Å²) in [6, 6.07) is 3.80. The normalized spacial score (nSPS) is 21.2.